The standard InChI is InChI=1S/C10H16O/c1-8(2)9(11)7-10(3)5-4-6-10/h1,4-7H2,2-3H3. The highest BCUT2D eigenvalue weighted by Crippen LogP contribution is 2.43. The number of carbonyl (C=O) groups excluding carboxylic acids is 1. The van der Waals surface area contributed by atoms with Crippen molar-refractivity contribution in [3.8, 4) is 0 Å². The van der Waals surface area contributed by atoms with Crippen molar-refractivity contribution < 1.29 is 4.79 Å². The number of hydrogen-bond donors (Lipinski definition) is 0. The number of ketones is 1. The van der Waals surface area contributed by atoms with E-state index in [9.17, 15) is 4.79 Å². The summed E-state index contributed by atoms with van der Waals surface area (Å²) in [5, 5.41) is 0. The van der Waals surface area contributed by atoms with Crippen LogP contribution in [-0.2, 0) is 4.79 Å². The van der Waals surface area contributed by atoms with Gasteiger partial charge in [-0.25, -0.2) is 0 Å². The molecule has 1 rings (SSSR count). The van der Waals surface area contributed by atoms with Gasteiger partial charge in [-0.15, -0.1) is 0 Å². The van der Waals surface area contributed by atoms with Gasteiger partial charge in [-0.3, -0.25) is 4.79 Å². The Labute approximate surface area is 68.5 Å². The Balaban J connectivity index is 2.41. The Morgan fingerprint density at radius 2 is 2.09 bits per heavy atom. The maximum Gasteiger partial charge on any atom is 0.158 e. The molecule has 1 aliphatic carbocycles. The molecule has 0 unspecified atom stereocenters. The highest BCUT2D eigenvalue weighted by atomic mass is 16.1. The molecule has 0 amide bonds. The first-order chi connectivity index (χ1) is 5.03. The van der Waals surface area contributed by atoms with Crippen LogP contribution in [0.25, 0.3) is 0 Å². The van der Waals surface area contributed by atoms with E-state index >= 15 is 0 Å². The molecule has 62 valence electrons. The van der Waals surface area contributed by atoms with Crippen LogP contribution in [0.5, 0.6) is 0 Å². The predicted molar refractivity (Wildman–Crippen MR) is 46.4 cm³/mol. The average molecular weight is 152 g/mol. The quantitative estimate of drug-likeness (QED) is 0.568. The minimum absolute atomic E-state index is 0.243. The van der Waals surface area contributed by atoms with E-state index in [1.165, 1.54) is 19.3 Å². The highest BCUT2D eigenvalue weighted by molar-refractivity contribution is 5.94. The van der Waals surface area contributed by atoms with E-state index in [0.29, 0.717) is 17.4 Å². The number of Topliss-reactive ketones (excluding diaryl/α,β-unsaturated/α-hetero) is 1. The molecule has 1 fully saturated rings. The SMILES string of the molecule is C=C(C)C(=O)CC1(C)CCC1. The van der Waals surface area contributed by atoms with E-state index in [0.717, 1.165) is 0 Å². The molecule has 1 nitrogen and oxygen atoms in total. The van der Waals surface area contributed by atoms with Gasteiger partial charge < -0.3 is 0 Å². The number of carbonyl (C=O) groups is 1. The van der Waals surface area contributed by atoms with Gasteiger partial charge >= 0.3 is 0 Å². The van der Waals surface area contributed by atoms with Gasteiger partial charge in [-0.1, -0.05) is 19.9 Å². The molecule has 0 saturated heterocycles. The Morgan fingerprint density at radius 3 is 2.36 bits per heavy atom. The van der Waals surface area contributed by atoms with E-state index < -0.39 is 0 Å². The Morgan fingerprint density at radius 1 is 1.55 bits per heavy atom. The summed E-state index contributed by atoms with van der Waals surface area (Å²) in [6.45, 7) is 7.64. The lowest BCUT2D eigenvalue weighted by molar-refractivity contribution is -0.118. The van der Waals surface area contributed by atoms with Crippen LogP contribution in [0.15, 0.2) is 12.2 Å². The lowest BCUT2D eigenvalue weighted by Gasteiger charge is -2.37. The third-order valence-corrected chi connectivity index (χ3v) is 2.62. The molecule has 0 aromatic heterocycles. The summed E-state index contributed by atoms with van der Waals surface area (Å²) < 4.78 is 0. The Bertz CT molecular complexity index is 187. The Hall–Kier alpha value is -0.590. The van der Waals surface area contributed by atoms with Crippen molar-refractivity contribution in [2.75, 3.05) is 0 Å². The van der Waals surface area contributed by atoms with Crippen molar-refractivity contribution >= 4 is 5.78 Å². The molecule has 0 aromatic rings. The third-order valence-electron chi connectivity index (χ3n) is 2.62. The first kappa shape index (κ1) is 8.51. The molecule has 0 N–H and O–H groups in total. The average Bonchev–Trinajstić information content (AvgIpc) is 1.84. The monoisotopic (exact) mass is 152 g/mol. The topological polar surface area (TPSA) is 17.1 Å². The molecule has 0 bridgehead atoms. The number of allylic oxidation sites excluding steroid dienone is 1. The number of hydrogen-bond acceptors (Lipinski definition) is 1. The number of rotatable bonds is 3. The molecule has 0 heterocycles. The smallest absolute Gasteiger partial charge is 0.158 e. The molecular formula is C10H16O. The maximum atomic E-state index is 11.3. The lowest BCUT2D eigenvalue weighted by atomic mass is 9.67. The molecule has 1 aliphatic rings. The summed E-state index contributed by atoms with van der Waals surface area (Å²) in [6, 6.07) is 0. The second-order valence-electron chi connectivity index (χ2n) is 4.04. The van der Waals surface area contributed by atoms with Gasteiger partial charge in [0, 0.05) is 6.42 Å². The van der Waals surface area contributed by atoms with E-state index in [4.69, 9.17) is 0 Å². The fourth-order valence-corrected chi connectivity index (χ4v) is 1.50. The van der Waals surface area contributed by atoms with Crippen LogP contribution in [0.2, 0.25) is 0 Å². The van der Waals surface area contributed by atoms with Crippen LogP contribution < -0.4 is 0 Å². The minimum Gasteiger partial charge on any atom is -0.295 e. The molecule has 0 atom stereocenters. The van der Waals surface area contributed by atoms with Crippen molar-refractivity contribution in [3.63, 3.8) is 0 Å². The van der Waals surface area contributed by atoms with Crippen LogP contribution in [0, 0.1) is 5.41 Å². The van der Waals surface area contributed by atoms with E-state index in [-0.39, 0.29) is 5.78 Å². The van der Waals surface area contributed by atoms with E-state index in [1.54, 1.807) is 6.92 Å². The zero-order valence-corrected chi connectivity index (χ0v) is 7.44. The van der Waals surface area contributed by atoms with Crippen molar-refractivity contribution in [2.45, 2.75) is 39.5 Å². The highest BCUT2D eigenvalue weighted by Gasteiger charge is 2.33. The minimum atomic E-state index is 0.243. The van der Waals surface area contributed by atoms with E-state index in [2.05, 4.69) is 13.5 Å². The lowest BCUT2D eigenvalue weighted by Crippen LogP contribution is -2.28. The fraction of sp³-hybridized carbons (Fsp3) is 0.700. The van der Waals surface area contributed by atoms with Gasteiger partial charge in [0.05, 0.1) is 0 Å². The summed E-state index contributed by atoms with van der Waals surface area (Å²) in [5.41, 5.74) is 1.02. The summed E-state index contributed by atoms with van der Waals surface area (Å²) in [5.74, 6) is 0.243. The Kier molecular flexibility index (Phi) is 2.17. The van der Waals surface area contributed by atoms with Gasteiger partial charge in [0.1, 0.15) is 0 Å². The summed E-state index contributed by atoms with van der Waals surface area (Å²) in [6.07, 6.45) is 4.43. The molecule has 0 spiro atoms. The molecule has 11 heavy (non-hydrogen) atoms. The van der Waals surface area contributed by atoms with Crippen molar-refractivity contribution in [2.24, 2.45) is 5.41 Å². The first-order valence-corrected chi connectivity index (χ1v) is 4.22. The van der Waals surface area contributed by atoms with Crippen LogP contribution in [0.4, 0.5) is 0 Å². The van der Waals surface area contributed by atoms with Crippen LogP contribution in [0.1, 0.15) is 39.5 Å². The molecule has 0 aromatic carbocycles. The van der Waals surface area contributed by atoms with Crippen molar-refractivity contribution in [3.05, 3.63) is 12.2 Å². The molecule has 1 saturated carbocycles. The zero-order valence-electron chi connectivity index (χ0n) is 7.44. The first-order valence-electron chi connectivity index (χ1n) is 4.22. The van der Waals surface area contributed by atoms with Crippen LogP contribution in [0.3, 0.4) is 0 Å². The second kappa shape index (κ2) is 2.80. The molecule has 0 radical (unpaired) electrons. The van der Waals surface area contributed by atoms with E-state index in [1.807, 2.05) is 0 Å². The molecule has 1 heteroatoms. The van der Waals surface area contributed by atoms with Crippen molar-refractivity contribution in [1.29, 1.82) is 0 Å². The van der Waals surface area contributed by atoms with Gasteiger partial charge in [-0.2, -0.15) is 0 Å². The molecular weight excluding hydrogens is 136 g/mol. The van der Waals surface area contributed by atoms with Gasteiger partial charge in [0.15, 0.2) is 5.78 Å². The van der Waals surface area contributed by atoms with Crippen molar-refractivity contribution in [1.82, 2.24) is 0 Å². The second-order valence-corrected chi connectivity index (χ2v) is 4.04. The predicted octanol–water partition coefficient (Wildman–Crippen LogP) is 2.71. The summed E-state index contributed by atoms with van der Waals surface area (Å²) in [4.78, 5) is 11.3. The summed E-state index contributed by atoms with van der Waals surface area (Å²) >= 11 is 0. The van der Waals surface area contributed by atoms with Gasteiger partial charge in [-0.05, 0) is 30.8 Å². The third kappa shape index (κ3) is 1.92. The van der Waals surface area contributed by atoms with Gasteiger partial charge in [0.2, 0.25) is 0 Å². The maximum absolute atomic E-state index is 11.3. The van der Waals surface area contributed by atoms with Crippen LogP contribution in [-0.4, -0.2) is 5.78 Å². The van der Waals surface area contributed by atoms with Crippen LogP contribution >= 0.6 is 0 Å². The zero-order chi connectivity index (χ0) is 8.48. The largest absolute Gasteiger partial charge is 0.295 e. The molecule has 0 aliphatic heterocycles. The summed E-state index contributed by atoms with van der Waals surface area (Å²) in [7, 11) is 0. The fourth-order valence-electron chi connectivity index (χ4n) is 1.50. The van der Waals surface area contributed by atoms with Gasteiger partial charge in [0.25, 0.3) is 0 Å². The normalized spacial score (nSPS) is 20.5.